The Labute approximate surface area is 152 Å². The predicted molar refractivity (Wildman–Crippen MR) is 99.6 cm³/mol. The number of thioether (sulfide) groups is 1. The smallest absolute Gasteiger partial charge is 0.227 e. The third-order valence-corrected chi connectivity index (χ3v) is 4.53. The Hall–Kier alpha value is -2.28. The van der Waals surface area contributed by atoms with Crippen molar-refractivity contribution in [1.29, 1.82) is 0 Å². The van der Waals surface area contributed by atoms with E-state index in [1.807, 2.05) is 16.7 Å². The van der Waals surface area contributed by atoms with Crippen LogP contribution in [0, 0.1) is 0 Å². The molecule has 0 saturated carbocycles. The molecule has 2 aromatic rings. The van der Waals surface area contributed by atoms with Crippen LogP contribution < -0.4 is 10.5 Å². The van der Waals surface area contributed by atoms with Gasteiger partial charge in [0.1, 0.15) is 12.4 Å². The highest BCUT2D eigenvalue weighted by molar-refractivity contribution is 7.99. The molecule has 1 heterocycles. The third kappa shape index (κ3) is 5.35. The van der Waals surface area contributed by atoms with E-state index in [9.17, 15) is 4.79 Å². The summed E-state index contributed by atoms with van der Waals surface area (Å²) in [5, 5.41) is 8.88. The molecule has 1 aromatic carbocycles. The predicted octanol–water partition coefficient (Wildman–Crippen LogP) is 2.92. The van der Waals surface area contributed by atoms with Gasteiger partial charge in [0.2, 0.25) is 5.91 Å². The van der Waals surface area contributed by atoms with Crippen LogP contribution in [0.5, 0.6) is 5.75 Å². The highest BCUT2D eigenvalue weighted by Crippen LogP contribution is 2.25. The number of allylic oxidation sites excluding steroid dienone is 1. The molecule has 25 heavy (non-hydrogen) atoms. The first kappa shape index (κ1) is 19.1. The molecule has 6 nitrogen and oxygen atoms in total. The molecular formula is C18H24N4O2S. The van der Waals surface area contributed by atoms with Crippen molar-refractivity contribution in [2.75, 3.05) is 5.75 Å². The molecule has 0 aliphatic heterocycles. The van der Waals surface area contributed by atoms with Gasteiger partial charge in [-0.2, -0.15) is 0 Å². The van der Waals surface area contributed by atoms with E-state index in [0.29, 0.717) is 17.5 Å². The van der Waals surface area contributed by atoms with E-state index in [1.54, 1.807) is 6.08 Å². The molecule has 134 valence electrons. The Kier molecular flexibility index (Phi) is 6.25. The quantitative estimate of drug-likeness (QED) is 0.578. The lowest BCUT2D eigenvalue weighted by atomic mass is 9.87. The van der Waals surface area contributed by atoms with Crippen LogP contribution in [0.2, 0.25) is 0 Å². The third-order valence-electron chi connectivity index (χ3n) is 3.54. The second-order valence-corrected chi connectivity index (χ2v) is 7.56. The van der Waals surface area contributed by atoms with E-state index in [2.05, 4.69) is 49.7 Å². The second-order valence-electron chi connectivity index (χ2n) is 6.62. The lowest BCUT2D eigenvalue weighted by Crippen LogP contribution is -2.14. The minimum atomic E-state index is -0.394. The molecule has 0 unspecified atom stereocenters. The van der Waals surface area contributed by atoms with Crippen molar-refractivity contribution < 1.29 is 9.53 Å². The molecule has 1 aromatic heterocycles. The van der Waals surface area contributed by atoms with Gasteiger partial charge in [0.05, 0.1) is 5.75 Å². The standard InChI is InChI=1S/C18H24N4O2S/c1-5-10-22-16(20-21-17(22)25-12-15(19)23)11-24-14-8-6-13(7-9-14)18(2,3)4/h5-9H,1,10-12H2,2-4H3,(H2,19,23). The maximum Gasteiger partial charge on any atom is 0.227 e. The van der Waals surface area contributed by atoms with E-state index in [0.717, 1.165) is 5.75 Å². The molecule has 7 heteroatoms. The monoisotopic (exact) mass is 360 g/mol. The average Bonchev–Trinajstić information content (AvgIpc) is 2.93. The molecule has 1 amide bonds. The number of benzene rings is 1. The van der Waals surface area contributed by atoms with Gasteiger partial charge < -0.3 is 10.5 Å². The Balaban J connectivity index is 2.06. The number of aromatic nitrogens is 3. The lowest BCUT2D eigenvalue weighted by Gasteiger charge is -2.19. The van der Waals surface area contributed by atoms with Gasteiger partial charge in [0.25, 0.3) is 0 Å². The number of carbonyl (C=O) groups is 1. The van der Waals surface area contributed by atoms with E-state index >= 15 is 0 Å². The number of hydrogen-bond acceptors (Lipinski definition) is 5. The van der Waals surface area contributed by atoms with Gasteiger partial charge in [-0.15, -0.1) is 16.8 Å². The second kappa shape index (κ2) is 8.20. The van der Waals surface area contributed by atoms with Crippen molar-refractivity contribution in [2.24, 2.45) is 5.73 Å². The summed E-state index contributed by atoms with van der Waals surface area (Å²) in [6.07, 6.45) is 1.75. The Morgan fingerprint density at radius 3 is 2.56 bits per heavy atom. The zero-order chi connectivity index (χ0) is 18.4. The molecule has 0 bridgehead atoms. The van der Waals surface area contributed by atoms with Gasteiger partial charge in [0.15, 0.2) is 11.0 Å². The average molecular weight is 360 g/mol. The van der Waals surface area contributed by atoms with Gasteiger partial charge in [-0.25, -0.2) is 0 Å². The summed E-state index contributed by atoms with van der Waals surface area (Å²) >= 11 is 1.25. The summed E-state index contributed by atoms with van der Waals surface area (Å²) in [6, 6.07) is 8.05. The molecular weight excluding hydrogens is 336 g/mol. The van der Waals surface area contributed by atoms with Gasteiger partial charge in [0, 0.05) is 6.54 Å². The summed E-state index contributed by atoms with van der Waals surface area (Å²) in [5.74, 6) is 1.21. The molecule has 2 N–H and O–H groups in total. The van der Waals surface area contributed by atoms with Crippen molar-refractivity contribution in [3.05, 3.63) is 48.3 Å². The zero-order valence-corrected chi connectivity index (χ0v) is 15.7. The summed E-state index contributed by atoms with van der Waals surface area (Å²) in [7, 11) is 0. The van der Waals surface area contributed by atoms with Crippen LogP contribution in [0.15, 0.2) is 42.1 Å². The van der Waals surface area contributed by atoms with Crippen LogP contribution in [-0.4, -0.2) is 26.4 Å². The Bertz CT molecular complexity index is 733. The fourth-order valence-corrected chi connectivity index (χ4v) is 2.89. The number of nitrogens with zero attached hydrogens (tertiary/aromatic N) is 3. The van der Waals surface area contributed by atoms with Gasteiger partial charge >= 0.3 is 0 Å². The molecule has 0 aliphatic carbocycles. The molecule has 0 saturated heterocycles. The van der Waals surface area contributed by atoms with Crippen molar-refractivity contribution in [3.8, 4) is 5.75 Å². The van der Waals surface area contributed by atoms with Gasteiger partial charge in [-0.3, -0.25) is 9.36 Å². The van der Waals surface area contributed by atoms with E-state index in [4.69, 9.17) is 10.5 Å². The molecule has 0 aliphatic rings. The largest absolute Gasteiger partial charge is 0.486 e. The number of amides is 1. The molecule has 2 rings (SSSR count). The normalized spacial score (nSPS) is 11.3. The molecule has 0 radical (unpaired) electrons. The topological polar surface area (TPSA) is 83.0 Å². The van der Waals surface area contributed by atoms with E-state index < -0.39 is 5.91 Å². The number of nitrogens with two attached hydrogens (primary N) is 1. The van der Waals surface area contributed by atoms with Crippen molar-refractivity contribution in [1.82, 2.24) is 14.8 Å². The fourth-order valence-electron chi connectivity index (χ4n) is 2.18. The van der Waals surface area contributed by atoms with Crippen LogP contribution in [0.3, 0.4) is 0 Å². The number of primary amides is 1. The number of ether oxygens (including phenoxy) is 1. The first-order chi connectivity index (χ1) is 11.8. The van der Waals surface area contributed by atoms with Crippen LogP contribution >= 0.6 is 11.8 Å². The van der Waals surface area contributed by atoms with Crippen LogP contribution in [0.1, 0.15) is 32.2 Å². The number of carbonyl (C=O) groups excluding carboxylic acids is 1. The Morgan fingerprint density at radius 2 is 2.00 bits per heavy atom. The molecule has 0 spiro atoms. The van der Waals surface area contributed by atoms with Gasteiger partial charge in [-0.1, -0.05) is 50.7 Å². The zero-order valence-electron chi connectivity index (χ0n) is 14.9. The maximum atomic E-state index is 11.0. The summed E-state index contributed by atoms with van der Waals surface area (Å²) < 4.78 is 7.69. The SMILES string of the molecule is C=CCn1c(COc2ccc(C(C)(C)C)cc2)nnc1SCC(N)=O. The minimum Gasteiger partial charge on any atom is -0.486 e. The summed E-state index contributed by atoms with van der Waals surface area (Å²) in [5.41, 5.74) is 6.54. The molecule has 0 atom stereocenters. The first-order valence-corrected chi connectivity index (χ1v) is 8.97. The van der Waals surface area contributed by atoms with E-state index in [-0.39, 0.29) is 17.8 Å². The Morgan fingerprint density at radius 1 is 1.32 bits per heavy atom. The lowest BCUT2D eigenvalue weighted by molar-refractivity contribution is -0.115. The number of rotatable bonds is 8. The summed E-state index contributed by atoms with van der Waals surface area (Å²) in [6.45, 7) is 11.1. The highest BCUT2D eigenvalue weighted by atomic mass is 32.2. The number of hydrogen-bond donors (Lipinski definition) is 1. The van der Waals surface area contributed by atoms with Crippen molar-refractivity contribution in [2.45, 2.75) is 44.5 Å². The van der Waals surface area contributed by atoms with Crippen LogP contribution in [0.4, 0.5) is 0 Å². The fraction of sp³-hybridized carbons (Fsp3) is 0.389. The van der Waals surface area contributed by atoms with Crippen LogP contribution in [0.25, 0.3) is 0 Å². The first-order valence-electron chi connectivity index (χ1n) is 7.98. The maximum absolute atomic E-state index is 11.0. The van der Waals surface area contributed by atoms with E-state index in [1.165, 1.54) is 17.3 Å². The summed E-state index contributed by atoms with van der Waals surface area (Å²) in [4.78, 5) is 11.0. The van der Waals surface area contributed by atoms with Crippen molar-refractivity contribution in [3.63, 3.8) is 0 Å². The van der Waals surface area contributed by atoms with Gasteiger partial charge in [-0.05, 0) is 23.1 Å². The van der Waals surface area contributed by atoms with Crippen molar-refractivity contribution >= 4 is 17.7 Å². The molecule has 0 fully saturated rings. The van der Waals surface area contributed by atoms with Crippen LogP contribution in [-0.2, 0) is 23.4 Å². The highest BCUT2D eigenvalue weighted by Gasteiger charge is 2.15. The minimum absolute atomic E-state index is 0.106.